The molecule has 2 unspecified atom stereocenters. The first-order chi connectivity index (χ1) is 8.10. The largest absolute Gasteiger partial charge is 0.330 e. The maximum absolute atomic E-state index is 6.06. The molecule has 2 nitrogen and oxygen atoms in total. The molecule has 2 rings (SSSR count). The van der Waals surface area contributed by atoms with Gasteiger partial charge in [0.25, 0.3) is 0 Å². The second-order valence-electron chi connectivity index (χ2n) is 4.83. The van der Waals surface area contributed by atoms with Crippen LogP contribution >= 0.6 is 38.9 Å². The van der Waals surface area contributed by atoms with Gasteiger partial charge >= 0.3 is 0 Å². The number of nitrogens with zero attached hydrogens (tertiary/aromatic N) is 1. The van der Waals surface area contributed by atoms with Gasteiger partial charge < -0.3 is 5.73 Å². The van der Waals surface area contributed by atoms with Crippen LogP contribution in [0.2, 0.25) is 4.34 Å². The fourth-order valence-corrected chi connectivity index (χ4v) is 4.20. The highest BCUT2D eigenvalue weighted by molar-refractivity contribution is 9.10. The maximum Gasteiger partial charge on any atom is 0.107 e. The van der Waals surface area contributed by atoms with E-state index in [1.165, 1.54) is 17.8 Å². The van der Waals surface area contributed by atoms with Gasteiger partial charge in [-0.2, -0.15) is 0 Å². The summed E-state index contributed by atoms with van der Waals surface area (Å²) in [5.74, 6) is 1.40. The predicted octanol–water partition coefficient (Wildman–Crippen LogP) is 3.58. The highest BCUT2D eigenvalue weighted by Gasteiger charge is 2.25. The molecule has 1 saturated heterocycles. The van der Waals surface area contributed by atoms with E-state index in [0.29, 0.717) is 5.92 Å². The molecule has 0 spiro atoms. The highest BCUT2D eigenvalue weighted by Crippen LogP contribution is 2.33. The van der Waals surface area contributed by atoms with Crippen molar-refractivity contribution in [3.63, 3.8) is 0 Å². The van der Waals surface area contributed by atoms with Crippen molar-refractivity contribution in [2.75, 3.05) is 19.6 Å². The van der Waals surface area contributed by atoms with Gasteiger partial charge in [0.05, 0.1) is 0 Å². The first kappa shape index (κ1) is 13.8. The average Bonchev–Trinajstić information content (AvgIpc) is 2.61. The van der Waals surface area contributed by atoms with Gasteiger partial charge in [-0.3, -0.25) is 4.90 Å². The van der Waals surface area contributed by atoms with Crippen LogP contribution in [0, 0.1) is 11.8 Å². The first-order valence-electron chi connectivity index (χ1n) is 5.96. The lowest BCUT2D eigenvalue weighted by molar-refractivity contribution is 0.127. The third kappa shape index (κ3) is 3.44. The Kier molecular flexibility index (Phi) is 4.89. The van der Waals surface area contributed by atoms with Crippen LogP contribution in [-0.2, 0) is 6.54 Å². The minimum Gasteiger partial charge on any atom is -0.330 e. The molecule has 0 radical (unpaired) electrons. The average molecular weight is 338 g/mol. The number of halogens is 2. The van der Waals surface area contributed by atoms with Crippen molar-refractivity contribution >= 4 is 38.9 Å². The normalized spacial score (nSPS) is 26.4. The van der Waals surface area contributed by atoms with E-state index >= 15 is 0 Å². The number of rotatable bonds is 3. The number of thiophene rings is 1. The fraction of sp³-hybridized carbons (Fsp3) is 0.667. The van der Waals surface area contributed by atoms with Gasteiger partial charge in [0.2, 0.25) is 0 Å². The Balaban J connectivity index is 1.95. The Morgan fingerprint density at radius 2 is 2.41 bits per heavy atom. The molecule has 17 heavy (non-hydrogen) atoms. The summed E-state index contributed by atoms with van der Waals surface area (Å²) < 4.78 is 1.86. The highest BCUT2D eigenvalue weighted by atomic mass is 79.9. The summed E-state index contributed by atoms with van der Waals surface area (Å²) in [7, 11) is 0. The summed E-state index contributed by atoms with van der Waals surface area (Å²) in [6.45, 7) is 6.40. The van der Waals surface area contributed by atoms with Crippen molar-refractivity contribution in [2.45, 2.75) is 19.9 Å². The molecule has 2 atom stereocenters. The van der Waals surface area contributed by atoms with Gasteiger partial charge in [-0.1, -0.05) is 18.5 Å². The molecule has 1 aliphatic rings. The lowest BCUT2D eigenvalue weighted by Crippen LogP contribution is -2.42. The summed E-state index contributed by atoms with van der Waals surface area (Å²) in [4.78, 5) is 3.82. The molecule has 1 aromatic rings. The third-order valence-electron chi connectivity index (χ3n) is 3.58. The molecule has 5 heteroatoms. The Morgan fingerprint density at radius 3 is 3.00 bits per heavy atom. The zero-order valence-corrected chi connectivity index (χ0v) is 13.1. The molecule has 0 aromatic carbocycles. The lowest BCUT2D eigenvalue weighted by Gasteiger charge is -2.36. The molecule has 1 aromatic heterocycles. The van der Waals surface area contributed by atoms with Crippen molar-refractivity contribution in [3.05, 3.63) is 19.8 Å². The van der Waals surface area contributed by atoms with E-state index in [1.807, 2.05) is 0 Å². The summed E-state index contributed by atoms with van der Waals surface area (Å²) in [5.41, 5.74) is 5.82. The van der Waals surface area contributed by atoms with Crippen molar-refractivity contribution in [3.8, 4) is 0 Å². The Bertz CT molecular complexity index is 363. The smallest absolute Gasteiger partial charge is 0.107 e. The van der Waals surface area contributed by atoms with Gasteiger partial charge in [-0.25, -0.2) is 0 Å². The van der Waals surface area contributed by atoms with E-state index in [2.05, 4.69) is 33.8 Å². The maximum atomic E-state index is 6.06. The van der Waals surface area contributed by atoms with Gasteiger partial charge in [0.15, 0.2) is 0 Å². The Labute approximate surface area is 120 Å². The van der Waals surface area contributed by atoms with Crippen LogP contribution in [-0.4, -0.2) is 24.5 Å². The monoisotopic (exact) mass is 336 g/mol. The molecule has 0 bridgehead atoms. The van der Waals surface area contributed by atoms with Gasteiger partial charge in [-0.15, -0.1) is 11.3 Å². The first-order valence-corrected chi connectivity index (χ1v) is 7.95. The second kappa shape index (κ2) is 6.02. The van der Waals surface area contributed by atoms with Crippen LogP contribution in [0.5, 0.6) is 0 Å². The zero-order valence-electron chi connectivity index (χ0n) is 9.96. The van der Waals surface area contributed by atoms with Crippen molar-refractivity contribution in [2.24, 2.45) is 17.6 Å². The number of hydrogen-bond acceptors (Lipinski definition) is 3. The van der Waals surface area contributed by atoms with Crippen LogP contribution in [0.3, 0.4) is 0 Å². The van der Waals surface area contributed by atoms with Crippen LogP contribution in [0.1, 0.15) is 18.2 Å². The van der Waals surface area contributed by atoms with Gasteiger partial charge in [-0.05, 0) is 53.3 Å². The zero-order chi connectivity index (χ0) is 12.4. The number of nitrogens with two attached hydrogens (primary N) is 1. The molecule has 1 fully saturated rings. The van der Waals surface area contributed by atoms with E-state index in [4.69, 9.17) is 17.3 Å². The van der Waals surface area contributed by atoms with Crippen molar-refractivity contribution < 1.29 is 0 Å². The van der Waals surface area contributed by atoms with E-state index in [1.54, 1.807) is 11.3 Å². The summed E-state index contributed by atoms with van der Waals surface area (Å²) in [5, 5.41) is 0. The van der Waals surface area contributed by atoms with Crippen LogP contribution in [0.25, 0.3) is 0 Å². The minimum atomic E-state index is 0.641. The van der Waals surface area contributed by atoms with Gasteiger partial charge in [0, 0.05) is 22.4 Å². The Hall–Kier alpha value is 0.390. The van der Waals surface area contributed by atoms with E-state index in [9.17, 15) is 0 Å². The minimum absolute atomic E-state index is 0.641. The standard InChI is InChI=1S/C12H18BrClN2S/c1-8-2-3-16(6-9(8)5-15)7-10-4-11(13)12(14)17-10/h4,8-9H,2-3,5-7,15H2,1H3. The fourth-order valence-electron chi connectivity index (χ4n) is 2.36. The number of piperidine rings is 1. The quantitative estimate of drug-likeness (QED) is 0.913. The number of likely N-dealkylation sites (tertiary alicyclic amines) is 1. The second-order valence-corrected chi connectivity index (χ2v) is 7.42. The van der Waals surface area contributed by atoms with Gasteiger partial charge in [0.1, 0.15) is 4.34 Å². The van der Waals surface area contributed by atoms with Crippen LogP contribution in [0.4, 0.5) is 0 Å². The summed E-state index contributed by atoms with van der Waals surface area (Å²) >= 11 is 11.2. The third-order valence-corrected chi connectivity index (χ3v) is 6.04. The van der Waals surface area contributed by atoms with Crippen LogP contribution in [0.15, 0.2) is 10.5 Å². The molecule has 0 amide bonds. The Morgan fingerprint density at radius 1 is 1.65 bits per heavy atom. The molecule has 2 N–H and O–H groups in total. The summed E-state index contributed by atoms with van der Waals surface area (Å²) in [6, 6.07) is 2.13. The topological polar surface area (TPSA) is 29.3 Å². The van der Waals surface area contributed by atoms with Crippen LogP contribution < -0.4 is 5.73 Å². The SMILES string of the molecule is CC1CCN(Cc2cc(Br)c(Cl)s2)CC1CN. The lowest BCUT2D eigenvalue weighted by atomic mass is 9.87. The molecular weight excluding hydrogens is 320 g/mol. The van der Waals surface area contributed by atoms with Crippen molar-refractivity contribution in [1.82, 2.24) is 4.90 Å². The molecule has 1 aliphatic heterocycles. The van der Waals surface area contributed by atoms with E-state index < -0.39 is 0 Å². The molecule has 0 aliphatic carbocycles. The molecular formula is C12H18BrClN2S. The molecule has 0 saturated carbocycles. The number of hydrogen-bond donors (Lipinski definition) is 1. The van der Waals surface area contributed by atoms with E-state index in [-0.39, 0.29) is 0 Å². The van der Waals surface area contributed by atoms with Crippen molar-refractivity contribution in [1.29, 1.82) is 0 Å². The molecule has 96 valence electrons. The van der Waals surface area contributed by atoms with E-state index in [0.717, 1.165) is 34.4 Å². The predicted molar refractivity (Wildman–Crippen MR) is 78.6 cm³/mol. The summed E-state index contributed by atoms with van der Waals surface area (Å²) in [6.07, 6.45) is 1.25. The molecule has 2 heterocycles.